The van der Waals surface area contributed by atoms with Crippen molar-refractivity contribution >= 4 is 59.3 Å². The van der Waals surface area contributed by atoms with Crippen LogP contribution in [0.3, 0.4) is 0 Å². The zero-order valence-electron chi connectivity index (χ0n) is 3.14. The first kappa shape index (κ1) is 22.4. The molecule has 1 radical (unpaired) electrons. The number of rotatable bonds is 0. The molecule has 0 aromatic rings. The Hall–Kier alpha value is 2.86. The van der Waals surface area contributed by atoms with Crippen molar-refractivity contribution in [3.8, 4) is 0 Å². The third kappa shape index (κ3) is 66.9. The van der Waals surface area contributed by atoms with Crippen LogP contribution in [0.15, 0.2) is 0 Å². The summed E-state index contributed by atoms with van der Waals surface area (Å²) in [6.07, 6.45) is 0. The SMILES string of the molecule is O=P(O)(O)F.[Cu].[KH].[Zn]. The van der Waals surface area contributed by atoms with Gasteiger partial charge < -0.3 is 0 Å². The van der Waals surface area contributed by atoms with E-state index in [0.29, 0.717) is 0 Å². The van der Waals surface area contributed by atoms with Crippen LogP contribution in [0.4, 0.5) is 4.20 Å². The maximum absolute atomic E-state index is 10.4. The molecule has 0 amide bonds. The molecule has 8 heavy (non-hydrogen) atoms. The van der Waals surface area contributed by atoms with Crippen molar-refractivity contribution in [1.29, 1.82) is 0 Å². The van der Waals surface area contributed by atoms with Gasteiger partial charge in [-0.1, -0.05) is 0 Å². The van der Waals surface area contributed by atoms with Gasteiger partial charge in [0.25, 0.3) is 0 Å². The average Bonchev–Trinajstić information content (AvgIpc) is 0.722. The van der Waals surface area contributed by atoms with Crippen LogP contribution >= 0.6 is 7.91 Å². The van der Waals surface area contributed by atoms with Gasteiger partial charge in [-0.25, -0.2) is 4.57 Å². The van der Waals surface area contributed by atoms with Crippen LogP contribution in [0.5, 0.6) is 0 Å². The Kier molecular flexibility index (Phi) is 27.6. The molecular weight excluding hydrogens is 266 g/mol. The maximum Gasteiger partial charge on any atom is 0 e. The summed E-state index contributed by atoms with van der Waals surface area (Å²) >= 11 is 0. The molecule has 0 aromatic heterocycles. The summed E-state index contributed by atoms with van der Waals surface area (Å²) in [5, 5.41) is 0. The molecule has 0 aliphatic carbocycles. The Bertz CT molecular complexity index is 65.4. The molecule has 0 aliphatic rings. The van der Waals surface area contributed by atoms with E-state index < -0.39 is 7.91 Å². The summed E-state index contributed by atoms with van der Waals surface area (Å²) in [6, 6.07) is 0. The topological polar surface area (TPSA) is 57.5 Å². The van der Waals surface area contributed by atoms with Crippen LogP contribution in [0, 0.1) is 0 Å². The zero-order chi connectivity index (χ0) is 4.50. The number of hydrogen-bond acceptors (Lipinski definition) is 1. The first-order valence-electron chi connectivity index (χ1n) is 0.752. The third-order valence-electron chi connectivity index (χ3n) is 0. The molecular formula is H3CuFKO3PZn. The van der Waals surface area contributed by atoms with Gasteiger partial charge in [-0.2, -0.15) is 0 Å². The predicted octanol–water partition coefficient (Wildman–Crippen LogP) is -0.605. The van der Waals surface area contributed by atoms with Gasteiger partial charge in [-0.05, 0) is 0 Å². The van der Waals surface area contributed by atoms with Gasteiger partial charge >= 0.3 is 59.3 Å². The summed E-state index contributed by atoms with van der Waals surface area (Å²) in [7, 11) is -5.14. The molecule has 0 atom stereocenters. The standard InChI is InChI=1S/Cu.FH2O3P.K.Zn.H/c;1-5(2,3)4;;;/h;(H2,2,3,4);;;. The van der Waals surface area contributed by atoms with Crippen molar-refractivity contribution in [3.63, 3.8) is 0 Å². The van der Waals surface area contributed by atoms with Gasteiger partial charge in [-0.3, -0.25) is 9.79 Å². The van der Waals surface area contributed by atoms with Crippen molar-refractivity contribution in [2.75, 3.05) is 0 Å². The van der Waals surface area contributed by atoms with Crippen LogP contribution in [0.2, 0.25) is 0 Å². The van der Waals surface area contributed by atoms with Crippen molar-refractivity contribution < 1.29 is 55.1 Å². The van der Waals surface area contributed by atoms with E-state index in [4.69, 9.17) is 14.4 Å². The molecule has 0 saturated carbocycles. The summed E-state index contributed by atoms with van der Waals surface area (Å²) in [6.45, 7) is 0. The minimum absolute atomic E-state index is 0. The van der Waals surface area contributed by atoms with E-state index in [2.05, 4.69) is 0 Å². The molecule has 0 aliphatic heterocycles. The normalized spacial score (nSPS) is 7.38. The van der Waals surface area contributed by atoms with Crippen molar-refractivity contribution in [2.45, 2.75) is 0 Å². The summed E-state index contributed by atoms with van der Waals surface area (Å²) < 4.78 is 19.0. The van der Waals surface area contributed by atoms with E-state index in [1.54, 1.807) is 0 Å². The van der Waals surface area contributed by atoms with E-state index in [-0.39, 0.29) is 87.9 Å². The smallest absolute Gasteiger partial charge is 0 e. The average molecular weight is 269 g/mol. The summed E-state index contributed by atoms with van der Waals surface area (Å²) in [5.74, 6) is 0. The third-order valence-corrected chi connectivity index (χ3v) is 0. The van der Waals surface area contributed by atoms with Crippen molar-refractivity contribution in [2.24, 2.45) is 0 Å². The van der Waals surface area contributed by atoms with E-state index >= 15 is 0 Å². The fraction of sp³-hybridized carbons (Fsp3) is 0. The second-order valence-electron chi connectivity index (χ2n) is 0.473. The van der Waals surface area contributed by atoms with E-state index in [1.807, 2.05) is 0 Å². The fourth-order valence-electron chi connectivity index (χ4n) is 0. The van der Waals surface area contributed by atoms with E-state index in [9.17, 15) is 4.20 Å². The molecule has 0 heterocycles. The van der Waals surface area contributed by atoms with Crippen molar-refractivity contribution in [1.82, 2.24) is 0 Å². The molecule has 0 rings (SSSR count). The molecule has 0 saturated heterocycles. The van der Waals surface area contributed by atoms with E-state index in [0.717, 1.165) is 0 Å². The fourth-order valence-corrected chi connectivity index (χ4v) is 0. The first-order chi connectivity index (χ1) is 2.00. The van der Waals surface area contributed by atoms with Gasteiger partial charge in [0.2, 0.25) is 0 Å². The largest absolute Gasteiger partial charge is 0 e. The van der Waals surface area contributed by atoms with Gasteiger partial charge in [0.15, 0.2) is 0 Å². The summed E-state index contributed by atoms with van der Waals surface area (Å²) in [5.41, 5.74) is 0. The van der Waals surface area contributed by atoms with E-state index in [1.165, 1.54) is 0 Å². The summed E-state index contributed by atoms with van der Waals surface area (Å²) in [4.78, 5) is 13.9. The first-order valence-corrected chi connectivity index (χ1v) is 2.25. The molecule has 0 aromatic carbocycles. The molecule has 8 heteroatoms. The Morgan fingerprint density at radius 2 is 1.38 bits per heavy atom. The molecule has 2 N–H and O–H groups in total. The molecule has 0 unspecified atom stereocenters. The molecule has 0 bridgehead atoms. The maximum atomic E-state index is 10.4. The van der Waals surface area contributed by atoms with Crippen LogP contribution in [-0.4, -0.2) is 61.2 Å². The molecule has 0 spiro atoms. The minimum Gasteiger partial charge on any atom is 0 e. The van der Waals surface area contributed by atoms with Gasteiger partial charge in [0, 0.05) is 36.5 Å². The Morgan fingerprint density at radius 1 is 1.38 bits per heavy atom. The van der Waals surface area contributed by atoms with Crippen LogP contribution < -0.4 is 0 Å². The number of halogens is 1. The molecule has 47 valence electrons. The predicted molar refractivity (Wildman–Crippen MR) is 20.3 cm³/mol. The quantitative estimate of drug-likeness (QED) is 0.456. The van der Waals surface area contributed by atoms with Gasteiger partial charge in [0.05, 0.1) is 0 Å². The van der Waals surface area contributed by atoms with Gasteiger partial charge in [-0.15, -0.1) is 4.20 Å². The zero-order valence-corrected chi connectivity index (χ0v) is 7.94. The molecule has 3 nitrogen and oxygen atoms in total. The van der Waals surface area contributed by atoms with Crippen LogP contribution in [0.25, 0.3) is 0 Å². The van der Waals surface area contributed by atoms with Crippen LogP contribution in [0.1, 0.15) is 0 Å². The van der Waals surface area contributed by atoms with Crippen LogP contribution in [-0.2, 0) is 41.1 Å². The monoisotopic (exact) mass is 267 g/mol. The van der Waals surface area contributed by atoms with Gasteiger partial charge in [0.1, 0.15) is 0 Å². The number of hydrogen-bond donors (Lipinski definition) is 2. The Morgan fingerprint density at radius 3 is 1.38 bits per heavy atom. The minimum atomic E-state index is -5.14. The second kappa shape index (κ2) is 9.86. The second-order valence-corrected chi connectivity index (χ2v) is 1.42. The van der Waals surface area contributed by atoms with Crippen molar-refractivity contribution in [3.05, 3.63) is 0 Å². The Labute approximate surface area is 112 Å². The Balaban J connectivity index is -0.0000000267. The molecule has 0 fully saturated rings.